The topological polar surface area (TPSA) is 78.5 Å². The van der Waals surface area contributed by atoms with E-state index in [1.54, 1.807) is 0 Å². The van der Waals surface area contributed by atoms with Crippen LogP contribution in [0, 0.1) is 20.8 Å². The van der Waals surface area contributed by atoms with E-state index in [0.29, 0.717) is 28.9 Å². The van der Waals surface area contributed by atoms with Gasteiger partial charge in [0.1, 0.15) is 4.88 Å². The van der Waals surface area contributed by atoms with Crippen molar-refractivity contribution in [3.05, 3.63) is 39.9 Å². The van der Waals surface area contributed by atoms with E-state index in [4.69, 9.17) is 17.0 Å². The first kappa shape index (κ1) is 19.5. The maximum Gasteiger partial charge on any atom is 0.281 e. The molecule has 0 spiro atoms. The average Bonchev–Trinajstić information content (AvgIpc) is 3.05. The molecule has 0 saturated carbocycles. The maximum atomic E-state index is 12.5. The summed E-state index contributed by atoms with van der Waals surface area (Å²) < 4.78 is 5.36. The van der Waals surface area contributed by atoms with E-state index in [0.717, 1.165) is 35.0 Å². The summed E-state index contributed by atoms with van der Waals surface area (Å²) in [6.45, 7) is 8.78. The zero-order valence-corrected chi connectivity index (χ0v) is 17.2. The van der Waals surface area contributed by atoms with Gasteiger partial charge in [-0.15, -0.1) is 0 Å². The molecule has 3 N–H and O–H groups in total. The summed E-state index contributed by atoms with van der Waals surface area (Å²) in [6, 6.07) is 6.07. The summed E-state index contributed by atoms with van der Waals surface area (Å²) in [5, 5.41) is 4.27. The molecule has 1 aromatic heterocycles. The number of carbonyl (C=O) groups excluding carboxylic acids is 1. The molecule has 9 heteroatoms. The van der Waals surface area contributed by atoms with Crippen molar-refractivity contribution in [2.45, 2.75) is 20.8 Å². The Morgan fingerprint density at radius 3 is 2.70 bits per heavy atom. The molecule has 2 heterocycles. The minimum absolute atomic E-state index is 0.255. The molecule has 1 aliphatic rings. The van der Waals surface area contributed by atoms with E-state index >= 15 is 0 Å². The number of thiazole rings is 1. The lowest BCUT2D eigenvalue weighted by Gasteiger charge is -2.25. The smallest absolute Gasteiger partial charge is 0.281 e. The Hall–Kier alpha value is -2.23. The number of hydrogen-bond donors (Lipinski definition) is 3. The Kier molecular flexibility index (Phi) is 6.25. The summed E-state index contributed by atoms with van der Waals surface area (Å²) >= 11 is 6.65. The predicted molar refractivity (Wildman–Crippen MR) is 113 cm³/mol. The van der Waals surface area contributed by atoms with Gasteiger partial charge >= 0.3 is 0 Å². The van der Waals surface area contributed by atoms with Gasteiger partial charge in [0, 0.05) is 18.8 Å². The van der Waals surface area contributed by atoms with Crippen LogP contribution in [0.3, 0.4) is 0 Å². The lowest BCUT2D eigenvalue weighted by molar-refractivity contribution is 0.0947. The number of aryl methyl sites for hydroxylation is 3. The molecule has 1 amide bonds. The van der Waals surface area contributed by atoms with Crippen molar-refractivity contribution in [1.29, 1.82) is 0 Å². The van der Waals surface area contributed by atoms with Crippen molar-refractivity contribution in [2.24, 2.45) is 0 Å². The van der Waals surface area contributed by atoms with Crippen LogP contribution in [-0.4, -0.2) is 42.3 Å². The number of benzene rings is 1. The number of ether oxygens (including phenoxy) is 1. The number of hydrazine groups is 1. The third-order valence-corrected chi connectivity index (χ3v) is 5.63. The number of morpholine rings is 1. The number of anilines is 2. The van der Waals surface area contributed by atoms with E-state index in [1.807, 2.05) is 39.0 Å². The first-order valence-corrected chi connectivity index (χ1v) is 9.91. The first-order chi connectivity index (χ1) is 12.9. The monoisotopic (exact) mass is 405 g/mol. The highest BCUT2D eigenvalue weighted by Gasteiger charge is 2.20. The van der Waals surface area contributed by atoms with Crippen LogP contribution in [0.5, 0.6) is 0 Å². The van der Waals surface area contributed by atoms with Crippen LogP contribution in [0.15, 0.2) is 18.2 Å². The van der Waals surface area contributed by atoms with Gasteiger partial charge in [0.15, 0.2) is 10.2 Å². The summed E-state index contributed by atoms with van der Waals surface area (Å²) in [5.74, 6) is -0.255. The second-order valence-corrected chi connectivity index (χ2v) is 7.75. The van der Waals surface area contributed by atoms with Crippen molar-refractivity contribution in [2.75, 3.05) is 36.5 Å². The molecule has 1 aromatic carbocycles. The largest absolute Gasteiger partial charge is 0.378 e. The molecule has 0 bridgehead atoms. The Labute approximate surface area is 168 Å². The highest BCUT2D eigenvalue weighted by molar-refractivity contribution is 7.80. The second kappa shape index (κ2) is 8.64. The SMILES string of the molecule is Cc1ccc(C)c(NC(=S)NNC(=O)c2sc(N3CCOCC3)nc2C)c1. The highest BCUT2D eigenvalue weighted by atomic mass is 32.1. The van der Waals surface area contributed by atoms with Crippen LogP contribution >= 0.6 is 23.6 Å². The van der Waals surface area contributed by atoms with E-state index < -0.39 is 0 Å². The molecule has 7 nitrogen and oxygen atoms in total. The molecule has 2 aromatic rings. The van der Waals surface area contributed by atoms with Gasteiger partial charge in [0.25, 0.3) is 5.91 Å². The van der Waals surface area contributed by atoms with Crippen LogP contribution in [-0.2, 0) is 4.74 Å². The van der Waals surface area contributed by atoms with Gasteiger partial charge in [-0.25, -0.2) is 4.98 Å². The van der Waals surface area contributed by atoms with Crippen molar-refractivity contribution < 1.29 is 9.53 Å². The van der Waals surface area contributed by atoms with Crippen LogP contribution in [0.2, 0.25) is 0 Å². The second-order valence-electron chi connectivity index (χ2n) is 6.36. The molecule has 0 atom stereocenters. The van der Waals surface area contributed by atoms with Gasteiger partial charge in [-0.2, -0.15) is 0 Å². The van der Waals surface area contributed by atoms with E-state index in [9.17, 15) is 4.79 Å². The van der Waals surface area contributed by atoms with Crippen LogP contribution in [0.1, 0.15) is 26.5 Å². The number of amides is 1. The normalized spacial score (nSPS) is 14.0. The molecule has 3 rings (SSSR count). The molecule has 0 radical (unpaired) electrons. The number of carbonyl (C=O) groups is 1. The molecule has 0 unspecified atom stereocenters. The molecule has 1 fully saturated rings. The maximum absolute atomic E-state index is 12.5. The number of nitrogens with one attached hydrogen (secondary N) is 3. The predicted octanol–water partition coefficient (Wildman–Crippen LogP) is 2.54. The van der Waals surface area contributed by atoms with Crippen molar-refractivity contribution in [3.63, 3.8) is 0 Å². The van der Waals surface area contributed by atoms with E-state index in [-0.39, 0.29) is 5.91 Å². The highest BCUT2D eigenvalue weighted by Crippen LogP contribution is 2.26. The van der Waals surface area contributed by atoms with Crippen molar-refractivity contribution >= 4 is 45.4 Å². The fraction of sp³-hybridized carbons (Fsp3) is 0.389. The Morgan fingerprint density at radius 1 is 1.22 bits per heavy atom. The molecule has 27 heavy (non-hydrogen) atoms. The molecule has 144 valence electrons. The minimum Gasteiger partial charge on any atom is -0.378 e. The Morgan fingerprint density at radius 2 is 1.96 bits per heavy atom. The van der Waals surface area contributed by atoms with Crippen LogP contribution in [0.4, 0.5) is 10.8 Å². The molecule has 1 aliphatic heterocycles. The number of rotatable bonds is 3. The summed E-state index contributed by atoms with van der Waals surface area (Å²) in [5.41, 5.74) is 9.22. The summed E-state index contributed by atoms with van der Waals surface area (Å²) in [7, 11) is 0. The van der Waals surface area contributed by atoms with E-state index in [1.165, 1.54) is 11.3 Å². The van der Waals surface area contributed by atoms with Crippen molar-refractivity contribution in [3.8, 4) is 0 Å². The third kappa shape index (κ3) is 4.94. The first-order valence-electron chi connectivity index (χ1n) is 8.69. The Balaban J connectivity index is 1.58. The zero-order valence-electron chi connectivity index (χ0n) is 15.6. The molecular formula is C18H23N5O2S2. The van der Waals surface area contributed by atoms with Gasteiger partial charge in [0.2, 0.25) is 0 Å². The van der Waals surface area contributed by atoms with E-state index in [2.05, 4.69) is 26.1 Å². The molecule has 0 aliphatic carbocycles. The van der Waals surface area contributed by atoms with Gasteiger partial charge in [-0.1, -0.05) is 23.5 Å². The van der Waals surface area contributed by atoms with Gasteiger partial charge < -0.3 is 15.0 Å². The lowest BCUT2D eigenvalue weighted by Crippen LogP contribution is -2.43. The Bertz CT molecular complexity index is 846. The van der Waals surface area contributed by atoms with Gasteiger partial charge in [-0.3, -0.25) is 15.6 Å². The zero-order chi connectivity index (χ0) is 19.4. The van der Waals surface area contributed by atoms with Crippen LogP contribution < -0.4 is 21.1 Å². The fourth-order valence-electron chi connectivity index (χ4n) is 2.68. The number of hydrogen-bond acceptors (Lipinski definition) is 6. The van der Waals surface area contributed by atoms with Gasteiger partial charge in [0.05, 0.1) is 18.9 Å². The number of nitrogens with zero attached hydrogens (tertiary/aromatic N) is 2. The van der Waals surface area contributed by atoms with Crippen molar-refractivity contribution in [1.82, 2.24) is 15.8 Å². The third-order valence-electron chi connectivity index (χ3n) is 4.20. The standard InChI is InChI=1S/C18H23N5O2S2/c1-11-4-5-12(2)14(10-11)20-17(26)22-21-16(24)15-13(3)19-18(27-15)23-6-8-25-9-7-23/h4-5,10H,6-9H2,1-3H3,(H,21,24)(H2,20,22,26). The van der Waals surface area contributed by atoms with Gasteiger partial charge in [-0.05, 0) is 50.2 Å². The summed E-state index contributed by atoms with van der Waals surface area (Å²) in [4.78, 5) is 19.7. The number of thiocarbonyl (C=S) groups is 1. The minimum atomic E-state index is -0.255. The fourth-order valence-corrected chi connectivity index (χ4v) is 3.85. The number of aromatic nitrogens is 1. The van der Waals surface area contributed by atoms with Crippen LogP contribution in [0.25, 0.3) is 0 Å². The lowest BCUT2D eigenvalue weighted by atomic mass is 10.1. The summed E-state index contributed by atoms with van der Waals surface area (Å²) in [6.07, 6.45) is 0. The molecule has 1 saturated heterocycles. The molecular weight excluding hydrogens is 382 g/mol. The average molecular weight is 406 g/mol. The quantitative estimate of drug-likeness (QED) is 0.535.